The number of piperazine rings is 1. The molecule has 0 aliphatic carbocycles. The zero-order chi connectivity index (χ0) is 15.2. The zero-order valence-corrected chi connectivity index (χ0v) is 13.4. The van der Waals surface area contributed by atoms with Crippen molar-refractivity contribution in [1.29, 1.82) is 0 Å². The molecule has 1 heterocycles. The first-order valence-corrected chi connectivity index (χ1v) is 7.91. The second-order valence-electron chi connectivity index (χ2n) is 5.33. The molecule has 1 aliphatic rings. The topological polar surface area (TPSA) is 43.8 Å². The number of aliphatic carboxylic acids is 1. The van der Waals surface area contributed by atoms with E-state index in [1.807, 2.05) is 12.1 Å². The van der Waals surface area contributed by atoms with Crippen molar-refractivity contribution < 1.29 is 9.90 Å². The summed E-state index contributed by atoms with van der Waals surface area (Å²) >= 11 is 12.2. The number of benzene rings is 1. The van der Waals surface area contributed by atoms with Crippen LogP contribution in [0.1, 0.15) is 18.4 Å². The summed E-state index contributed by atoms with van der Waals surface area (Å²) in [5.74, 6) is -0.718. The molecule has 0 atom stereocenters. The van der Waals surface area contributed by atoms with E-state index >= 15 is 0 Å². The minimum atomic E-state index is -0.718. The Labute approximate surface area is 135 Å². The van der Waals surface area contributed by atoms with E-state index in [1.54, 1.807) is 6.07 Å². The SMILES string of the molecule is O=C(O)CCCN1CCN(Cc2cccc(Cl)c2Cl)CC1. The maximum atomic E-state index is 10.5. The van der Waals surface area contributed by atoms with Gasteiger partial charge in [0.2, 0.25) is 0 Å². The van der Waals surface area contributed by atoms with Crippen molar-refractivity contribution in [2.24, 2.45) is 0 Å². The summed E-state index contributed by atoms with van der Waals surface area (Å²) in [5, 5.41) is 9.89. The first-order chi connectivity index (χ1) is 10.1. The van der Waals surface area contributed by atoms with E-state index in [4.69, 9.17) is 28.3 Å². The van der Waals surface area contributed by atoms with Crippen LogP contribution in [0.15, 0.2) is 18.2 Å². The largest absolute Gasteiger partial charge is 0.481 e. The fourth-order valence-electron chi connectivity index (χ4n) is 2.54. The molecule has 1 N–H and O–H groups in total. The third-order valence-electron chi connectivity index (χ3n) is 3.76. The molecule has 4 nitrogen and oxygen atoms in total. The van der Waals surface area contributed by atoms with Crippen molar-refractivity contribution in [2.75, 3.05) is 32.7 Å². The second kappa shape index (κ2) is 7.99. The highest BCUT2D eigenvalue weighted by Gasteiger charge is 2.18. The number of hydrogen-bond donors (Lipinski definition) is 1. The Bertz CT molecular complexity index is 489. The van der Waals surface area contributed by atoms with Gasteiger partial charge in [0.1, 0.15) is 0 Å². The lowest BCUT2D eigenvalue weighted by Crippen LogP contribution is -2.46. The fourth-order valence-corrected chi connectivity index (χ4v) is 2.92. The van der Waals surface area contributed by atoms with Crippen molar-refractivity contribution in [3.05, 3.63) is 33.8 Å². The molecule has 0 unspecified atom stereocenters. The highest BCUT2D eigenvalue weighted by atomic mass is 35.5. The molecule has 1 aromatic carbocycles. The van der Waals surface area contributed by atoms with Crippen LogP contribution in [0.2, 0.25) is 10.0 Å². The van der Waals surface area contributed by atoms with Crippen molar-refractivity contribution in [3.63, 3.8) is 0 Å². The van der Waals surface area contributed by atoms with Gasteiger partial charge in [-0.3, -0.25) is 9.69 Å². The van der Waals surface area contributed by atoms with Gasteiger partial charge in [0.05, 0.1) is 10.0 Å². The first-order valence-electron chi connectivity index (χ1n) is 7.15. The molecular formula is C15H20Cl2N2O2. The number of carboxylic acids is 1. The van der Waals surface area contributed by atoms with Crippen molar-refractivity contribution in [1.82, 2.24) is 9.80 Å². The molecule has 1 saturated heterocycles. The van der Waals surface area contributed by atoms with E-state index in [0.717, 1.165) is 51.3 Å². The summed E-state index contributed by atoms with van der Waals surface area (Å²) in [7, 11) is 0. The van der Waals surface area contributed by atoms with Gasteiger partial charge in [-0.15, -0.1) is 0 Å². The summed E-state index contributed by atoms with van der Waals surface area (Å²) in [6, 6.07) is 5.73. The summed E-state index contributed by atoms with van der Waals surface area (Å²) in [6.45, 7) is 5.54. The van der Waals surface area contributed by atoms with Crippen molar-refractivity contribution in [3.8, 4) is 0 Å². The van der Waals surface area contributed by atoms with Crippen LogP contribution in [0, 0.1) is 0 Å². The van der Waals surface area contributed by atoms with Crippen molar-refractivity contribution in [2.45, 2.75) is 19.4 Å². The highest BCUT2D eigenvalue weighted by molar-refractivity contribution is 6.42. The van der Waals surface area contributed by atoms with E-state index in [2.05, 4.69) is 9.80 Å². The van der Waals surface area contributed by atoms with Crippen LogP contribution < -0.4 is 0 Å². The fraction of sp³-hybridized carbons (Fsp3) is 0.533. The molecule has 2 rings (SSSR count). The quantitative estimate of drug-likeness (QED) is 0.870. The highest BCUT2D eigenvalue weighted by Crippen LogP contribution is 2.26. The van der Waals surface area contributed by atoms with Crippen LogP contribution in [-0.2, 0) is 11.3 Å². The molecule has 0 radical (unpaired) electrons. The normalized spacial score (nSPS) is 17.0. The van der Waals surface area contributed by atoms with Gasteiger partial charge in [0.25, 0.3) is 0 Å². The van der Waals surface area contributed by atoms with Crippen LogP contribution in [-0.4, -0.2) is 53.6 Å². The molecule has 0 saturated carbocycles. The zero-order valence-electron chi connectivity index (χ0n) is 11.9. The van der Waals surface area contributed by atoms with E-state index < -0.39 is 5.97 Å². The van der Waals surface area contributed by atoms with Crippen LogP contribution in [0.3, 0.4) is 0 Å². The number of nitrogens with zero attached hydrogens (tertiary/aromatic N) is 2. The standard InChI is InChI=1S/C15H20Cl2N2O2/c16-13-4-1-3-12(15(13)17)11-19-9-7-18(8-10-19)6-2-5-14(20)21/h1,3-4H,2,5-11H2,(H,20,21). The maximum absolute atomic E-state index is 10.5. The predicted octanol–water partition coefficient (Wildman–Crippen LogP) is 2.98. The minimum absolute atomic E-state index is 0.248. The molecule has 0 bridgehead atoms. The smallest absolute Gasteiger partial charge is 0.303 e. The van der Waals surface area contributed by atoms with Gasteiger partial charge in [0.15, 0.2) is 0 Å². The van der Waals surface area contributed by atoms with Gasteiger partial charge in [-0.1, -0.05) is 35.3 Å². The first kappa shape index (κ1) is 16.6. The number of hydrogen-bond acceptors (Lipinski definition) is 3. The molecule has 1 aromatic rings. The van der Waals surface area contributed by atoms with Gasteiger partial charge in [-0.25, -0.2) is 0 Å². The second-order valence-corrected chi connectivity index (χ2v) is 6.11. The summed E-state index contributed by atoms with van der Waals surface area (Å²) in [6.07, 6.45) is 0.966. The Hall–Kier alpha value is -0.810. The number of rotatable bonds is 6. The van der Waals surface area contributed by atoms with Gasteiger partial charge in [0, 0.05) is 39.1 Å². The Morgan fingerprint density at radius 1 is 1.14 bits per heavy atom. The van der Waals surface area contributed by atoms with E-state index in [1.165, 1.54) is 0 Å². The molecule has 0 aromatic heterocycles. The number of carbonyl (C=O) groups is 1. The molecule has 0 spiro atoms. The number of halogens is 2. The summed E-state index contributed by atoms with van der Waals surface area (Å²) < 4.78 is 0. The maximum Gasteiger partial charge on any atom is 0.303 e. The monoisotopic (exact) mass is 330 g/mol. The Morgan fingerprint density at radius 3 is 2.48 bits per heavy atom. The van der Waals surface area contributed by atoms with E-state index in [9.17, 15) is 4.79 Å². The lowest BCUT2D eigenvalue weighted by Gasteiger charge is -2.34. The minimum Gasteiger partial charge on any atom is -0.481 e. The molecular weight excluding hydrogens is 311 g/mol. The van der Waals surface area contributed by atoms with Crippen LogP contribution in [0.4, 0.5) is 0 Å². The molecule has 116 valence electrons. The van der Waals surface area contributed by atoms with Crippen LogP contribution >= 0.6 is 23.2 Å². The lowest BCUT2D eigenvalue weighted by molar-refractivity contribution is -0.137. The summed E-state index contributed by atoms with van der Waals surface area (Å²) in [4.78, 5) is 15.2. The summed E-state index contributed by atoms with van der Waals surface area (Å²) in [5.41, 5.74) is 1.06. The Morgan fingerprint density at radius 2 is 1.81 bits per heavy atom. The van der Waals surface area contributed by atoms with Gasteiger partial charge in [-0.2, -0.15) is 0 Å². The van der Waals surface area contributed by atoms with Crippen LogP contribution in [0.25, 0.3) is 0 Å². The van der Waals surface area contributed by atoms with Gasteiger partial charge < -0.3 is 10.0 Å². The average Bonchev–Trinajstić information content (AvgIpc) is 2.45. The van der Waals surface area contributed by atoms with E-state index in [-0.39, 0.29) is 6.42 Å². The molecule has 0 amide bonds. The third kappa shape index (κ3) is 5.15. The van der Waals surface area contributed by atoms with Crippen molar-refractivity contribution >= 4 is 29.2 Å². The predicted molar refractivity (Wildman–Crippen MR) is 85.0 cm³/mol. The average molecular weight is 331 g/mol. The number of carboxylic acid groups (broad SMARTS) is 1. The lowest BCUT2D eigenvalue weighted by atomic mass is 10.2. The molecule has 21 heavy (non-hydrogen) atoms. The molecule has 6 heteroatoms. The Kier molecular flexibility index (Phi) is 6.30. The molecule has 1 aliphatic heterocycles. The third-order valence-corrected chi connectivity index (χ3v) is 4.61. The Balaban J connectivity index is 1.76. The molecule has 1 fully saturated rings. The van der Waals surface area contributed by atoms with Crippen LogP contribution in [0.5, 0.6) is 0 Å². The van der Waals surface area contributed by atoms with E-state index in [0.29, 0.717) is 10.0 Å². The van der Waals surface area contributed by atoms with Gasteiger partial charge in [-0.05, 0) is 24.6 Å². The van der Waals surface area contributed by atoms with Gasteiger partial charge >= 0.3 is 5.97 Å².